The van der Waals surface area contributed by atoms with Crippen LogP contribution in [-0.4, -0.2) is 49.4 Å². The topological polar surface area (TPSA) is 87.6 Å². The molecule has 1 fully saturated rings. The molecule has 0 spiro atoms. The zero-order valence-electron chi connectivity index (χ0n) is 7.83. The zero-order valence-corrected chi connectivity index (χ0v) is 10.2. The molecular weight excluding hydrogens is 203 g/mol. The van der Waals surface area contributed by atoms with Crippen molar-refractivity contribution in [3.63, 3.8) is 0 Å². The van der Waals surface area contributed by atoms with Gasteiger partial charge >= 0.3 is 8.25 Å². The minimum Gasteiger partial charge on any atom is -0.329 e. The van der Waals surface area contributed by atoms with Crippen molar-refractivity contribution in [3.8, 4) is 0 Å². The Balaban J connectivity index is 0. The molecule has 76 valence electrons. The van der Waals surface area contributed by atoms with E-state index in [1.807, 2.05) is 0 Å². The van der Waals surface area contributed by atoms with E-state index < -0.39 is 8.25 Å². The Hall–Kier alpha value is 0.836. The first-order valence-corrected chi connectivity index (χ1v) is 5.23. The maximum Gasteiger partial charge on any atom is 0.319 e. The Bertz CT molecular complexity index is 116. The molecular formula is C6H17MgN2O3P. The van der Waals surface area contributed by atoms with E-state index >= 15 is 0 Å². The minimum atomic E-state index is -2.08. The summed E-state index contributed by atoms with van der Waals surface area (Å²) in [4.78, 5) is 0. The molecule has 7 heteroatoms. The van der Waals surface area contributed by atoms with Crippen molar-refractivity contribution < 1.29 is 13.6 Å². The van der Waals surface area contributed by atoms with Crippen LogP contribution in [0.3, 0.4) is 0 Å². The van der Waals surface area contributed by atoms with Gasteiger partial charge in [-0.15, -0.1) is 0 Å². The molecule has 1 rings (SSSR count). The molecule has 0 aromatic carbocycles. The standard InChI is InChI=1S/C4H9O3P.C2H8N2.Mg/c5-8-6-3-1-2-4-7-8;3-1-2-4;/h8H,1-4H2;1-4H2;. The molecule has 0 atom stereocenters. The van der Waals surface area contributed by atoms with Crippen LogP contribution in [0, 0.1) is 0 Å². The molecule has 0 aromatic rings. The molecule has 0 aromatic heterocycles. The summed E-state index contributed by atoms with van der Waals surface area (Å²) in [5.41, 5.74) is 9.81. The van der Waals surface area contributed by atoms with Crippen molar-refractivity contribution >= 4 is 31.3 Å². The summed E-state index contributed by atoms with van der Waals surface area (Å²) in [6.45, 7) is 2.38. The largest absolute Gasteiger partial charge is 0.329 e. The van der Waals surface area contributed by atoms with Gasteiger partial charge in [-0.05, 0) is 12.8 Å². The first kappa shape index (κ1) is 16.3. The van der Waals surface area contributed by atoms with E-state index in [2.05, 4.69) is 0 Å². The van der Waals surface area contributed by atoms with Crippen LogP contribution >= 0.6 is 8.25 Å². The lowest BCUT2D eigenvalue weighted by Crippen LogP contribution is -2.11. The van der Waals surface area contributed by atoms with Gasteiger partial charge in [0.05, 0.1) is 13.2 Å². The maximum absolute atomic E-state index is 10.4. The van der Waals surface area contributed by atoms with Crippen LogP contribution in [0.25, 0.3) is 0 Å². The third kappa shape index (κ3) is 12.8. The second-order valence-corrected chi connectivity index (χ2v) is 3.31. The van der Waals surface area contributed by atoms with Crippen molar-refractivity contribution in [2.75, 3.05) is 26.3 Å². The average Bonchev–Trinajstić information content (AvgIpc) is 2.33. The number of nitrogens with two attached hydrogens (primary N) is 2. The summed E-state index contributed by atoms with van der Waals surface area (Å²) in [6, 6.07) is 0. The van der Waals surface area contributed by atoms with E-state index in [-0.39, 0.29) is 23.1 Å². The molecule has 13 heavy (non-hydrogen) atoms. The number of hydrogen-bond donors (Lipinski definition) is 2. The van der Waals surface area contributed by atoms with Gasteiger partial charge in [0, 0.05) is 36.1 Å². The molecule has 2 radical (unpaired) electrons. The van der Waals surface area contributed by atoms with Crippen LogP contribution < -0.4 is 11.5 Å². The van der Waals surface area contributed by atoms with Crippen LogP contribution in [0.1, 0.15) is 12.8 Å². The van der Waals surface area contributed by atoms with Crippen LogP contribution in [0.5, 0.6) is 0 Å². The highest BCUT2D eigenvalue weighted by atomic mass is 31.1. The predicted octanol–water partition coefficient (Wildman–Crippen LogP) is -0.274. The van der Waals surface area contributed by atoms with Crippen molar-refractivity contribution in [1.29, 1.82) is 0 Å². The highest BCUT2D eigenvalue weighted by molar-refractivity contribution is 7.33. The Morgan fingerprint density at radius 1 is 1.08 bits per heavy atom. The van der Waals surface area contributed by atoms with E-state index in [1.54, 1.807) is 0 Å². The molecule has 1 saturated heterocycles. The van der Waals surface area contributed by atoms with E-state index in [9.17, 15) is 4.57 Å². The minimum absolute atomic E-state index is 0. The fourth-order valence-corrected chi connectivity index (χ4v) is 1.26. The molecule has 4 N–H and O–H groups in total. The van der Waals surface area contributed by atoms with Gasteiger partial charge in [0.15, 0.2) is 0 Å². The average molecular weight is 220 g/mol. The van der Waals surface area contributed by atoms with Gasteiger partial charge in [-0.25, -0.2) is 0 Å². The van der Waals surface area contributed by atoms with Crippen molar-refractivity contribution in [3.05, 3.63) is 0 Å². The molecule has 1 aliphatic heterocycles. The van der Waals surface area contributed by atoms with E-state index in [0.717, 1.165) is 12.8 Å². The second kappa shape index (κ2) is 12.8. The van der Waals surface area contributed by atoms with E-state index in [4.69, 9.17) is 20.5 Å². The quantitative estimate of drug-likeness (QED) is 0.469. The van der Waals surface area contributed by atoms with Crippen molar-refractivity contribution in [2.24, 2.45) is 11.5 Å². The molecule has 1 aliphatic rings. The van der Waals surface area contributed by atoms with Gasteiger partial charge in [0.25, 0.3) is 0 Å². The summed E-state index contributed by atoms with van der Waals surface area (Å²) < 4.78 is 19.9. The summed E-state index contributed by atoms with van der Waals surface area (Å²) >= 11 is 0. The van der Waals surface area contributed by atoms with Gasteiger partial charge in [-0.1, -0.05) is 0 Å². The third-order valence-electron chi connectivity index (χ3n) is 1.15. The molecule has 0 amide bonds. The summed E-state index contributed by atoms with van der Waals surface area (Å²) in [5, 5.41) is 0. The van der Waals surface area contributed by atoms with Crippen LogP contribution in [0.4, 0.5) is 0 Å². The van der Waals surface area contributed by atoms with Crippen molar-refractivity contribution in [1.82, 2.24) is 0 Å². The Labute approximate surface area is 95.6 Å². The molecule has 0 unspecified atom stereocenters. The zero-order chi connectivity index (χ0) is 9.23. The summed E-state index contributed by atoms with van der Waals surface area (Å²) in [7, 11) is -2.08. The third-order valence-corrected chi connectivity index (χ3v) is 2.02. The Kier molecular flexibility index (Phi) is 16.1. The SMILES string of the molecule is NCCN.O=[PH]1OCCCCO1.[Mg]. The molecule has 0 aliphatic carbocycles. The molecule has 1 heterocycles. The highest BCUT2D eigenvalue weighted by Gasteiger charge is 2.03. The fraction of sp³-hybridized carbons (Fsp3) is 1.00. The second-order valence-electron chi connectivity index (χ2n) is 2.23. The highest BCUT2D eigenvalue weighted by Crippen LogP contribution is 2.26. The predicted molar refractivity (Wildman–Crippen MR) is 54.0 cm³/mol. The van der Waals surface area contributed by atoms with Gasteiger partial charge in [0.2, 0.25) is 0 Å². The molecule has 5 nitrogen and oxygen atoms in total. The fourth-order valence-electron chi connectivity index (χ4n) is 0.557. The van der Waals surface area contributed by atoms with E-state index in [0.29, 0.717) is 26.3 Å². The van der Waals surface area contributed by atoms with Gasteiger partial charge in [-0.2, -0.15) is 0 Å². The normalized spacial score (nSPS) is 17.7. The smallest absolute Gasteiger partial charge is 0.319 e. The summed E-state index contributed by atoms with van der Waals surface area (Å²) in [5.74, 6) is 0. The molecule has 0 saturated carbocycles. The van der Waals surface area contributed by atoms with Crippen LogP contribution in [-0.2, 0) is 13.6 Å². The van der Waals surface area contributed by atoms with Crippen molar-refractivity contribution in [2.45, 2.75) is 12.8 Å². The van der Waals surface area contributed by atoms with Gasteiger partial charge < -0.3 is 20.5 Å². The van der Waals surface area contributed by atoms with Gasteiger partial charge in [0.1, 0.15) is 0 Å². The van der Waals surface area contributed by atoms with Crippen LogP contribution in [0.2, 0.25) is 0 Å². The lowest BCUT2D eigenvalue weighted by Gasteiger charge is -1.94. The first-order chi connectivity index (χ1) is 5.81. The Morgan fingerprint density at radius 3 is 1.77 bits per heavy atom. The van der Waals surface area contributed by atoms with E-state index in [1.165, 1.54) is 0 Å². The monoisotopic (exact) mass is 220 g/mol. The van der Waals surface area contributed by atoms with Gasteiger partial charge in [-0.3, -0.25) is 4.57 Å². The first-order valence-electron chi connectivity index (χ1n) is 4.01. The van der Waals surface area contributed by atoms with Crippen LogP contribution in [0.15, 0.2) is 0 Å². The lowest BCUT2D eigenvalue weighted by molar-refractivity contribution is 0.263. The molecule has 0 bridgehead atoms. The number of rotatable bonds is 1. The summed E-state index contributed by atoms with van der Waals surface area (Å²) in [6.07, 6.45) is 1.94. The Morgan fingerprint density at radius 2 is 1.46 bits per heavy atom. The number of hydrogen-bond acceptors (Lipinski definition) is 5. The lowest BCUT2D eigenvalue weighted by atomic mass is 10.3. The maximum atomic E-state index is 10.4.